The lowest BCUT2D eigenvalue weighted by molar-refractivity contribution is -0.138. The van der Waals surface area contributed by atoms with Gasteiger partial charge in [0.1, 0.15) is 11.8 Å². The van der Waals surface area contributed by atoms with E-state index in [0.717, 1.165) is 23.3 Å². The van der Waals surface area contributed by atoms with Crippen molar-refractivity contribution in [3.63, 3.8) is 0 Å². The number of methoxy groups -OCH3 is 1. The number of rotatable bonds is 5. The van der Waals surface area contributed by atoms with Crippen molar-refractivity contribution in [3.05, 3.63) is 29.3 Å². The van der Waals surface area contributed by atoms with Gasteiger partial charge in [0.2, 0.25) is 0 Å². The second-order valence-electron chi connectivity index (χ2n) is 3.60. The molecule has 0 fully saturated rings. The molecule has 0 aliphatic carbocycles. The highest BCUT2D eigenvalue weighted by Gasteiger charge is 2.15. The van der Waals surface area contributed by atoms with Crippen LogP contribution in [-0.4, -0.2) is 24.2 Å². The molecule has 0 spiro atoms. The number of nitrogens with two attached hydrogens (primary N) is 1. The summed E-state index contributed by atoms with van der Waals surface area (Å²) < 4.78 is 5.23. The van der Waals surface area contributed by atoms with Crippen molar-refractivity contribution >= 4 is 5.97 Å². The lowest BCUT2D eigenvalue weighted by Crippen LogP contribution is -2.32. The van der Waals surface area contributed by atoms with Gasteiger partial charge in [-0.2, -0.15) is 0 Å². The van der Waals surface area contributed by atoms with Crippen LogP contribution in [0.4, 0.5) is 0 Å². The fourth-order valence-corrected chi connectivity index (χ4v) is 1.72. The zero-order chi connectivity index (χ0) is 12.1. The Morgan fingerprint density at radius 3 is 2.75 bits per heavy atom. The normalized spacial score (nSPS) is 12.2. The molecule has 4 nitrogen and oxygen atoms in total. The SMILES string of the molecule is CCc1c(CC(N)C(=O)O)cccc1OC. The molecule has 0 bridgehead atoms. The van der Waals surface area contributed by atoms with Crippen LogP contribution in [-0.2, 0) is 17.6 Å². The van der Waals surface area contributed by atoms with Gasteiger partial charge in [-0.3, -0.25) is 4.79 Å². The van der Waals surface area contributed by atoms with E-state index in [0.29, 0.717) is 6.42 Å². The van der Waals surface area contributed by atoms with Gasteiger partial charge in [0.15, 0.2) is 0 Å². The van der Waals surface area contributed by atoms with Gasteiger partial charge in [0.25, 0.3) is 0 Å². The summed E-state index contributed by atoms with van der Waals surface area (Å²) in [5.41, 5.74) is 7.49. The fourth-order valence-electron chi connectivity index (χ4n) is 1.72. The molecule has 0 aliphatic heterocycles. The molecule has 0 radical (unpaired) electrons. The van der Waals surface area contributed by atoms with Crippen LogP contribution in [0.15, 0.2) is 18.2 Å². The van der Waals surface area contributed by atoms with E-state index >= 15 is 0 Å². The molecule has 0 saturated heterocycles. The molecule has 1 unspecified atom stereocenters. The highest BCUT2D eigenvalue weighted by atomic mass is 16.5. The van der Waals surface area contributed by atoms with Gasteiger partial charge in [0, 0.05) is 0 Å². The largest absolute Gasteiger partial charge is 0.496 e. The molecular formula is C12H17NO3. The second-order valence-corrected chi connectivity index (χ2v) is 3.60. The average molecular weight is 223 g/mol. The summed E-state index contributed by atoms with van der Waals surface area (Å²) in [4.78, 5) is 10.7. The molecule has 16 heavy (non-hydrogen) atoms. The zero-order valence-corrected chi connectivity index (χ0v) is 9.56. The van der Waals surface area contributed by atoms with Crippen LogP contribution in [0.5, 0.6) is 5.75 Å². The third kappa shape index (κ3) is 2.73. The summed E-state index contributed by atoms with van der Waals surface area (Å²) in [6.45, 7) is 2.01. The van der Waals surface area contributed by atoms with Crippen LogP contribution in [0.3, 0.4) is 0 Å². The quantitative estimate of drug-likeness (QED) is 0.787. The molecule has 4 heteroatoms. The number of aliphatic carboxylic acids is 1. The molecule has 88 valence electrons. The minimum Gasteiger partial charge on any atom is -0.496 e. The van der Waals surface area contributed by atoms with Crippen molar-refractivity contribution in [1.82, 2.24) is 0 Å². The monoisotopic (exact) mass is 223 g/mol. The van der Waals surface area contributed by atoms with Crippen molar-refractivity contribution in [3.8, 4) is 5.75 Å². The first-order valence-corrected chi connectivity index (χ1v) is 5.23. The van der Waals surface area contributed by atoms with Gasteiger partial charge in [0.05, 0.1) is 7.11 Å². The minimum absolute atomic E-state index is 0.329. The second kappa shape index (κ2) is 5.51. The van der Waals surface area contributed by atoms with Crippen LogP contribution >= 0.6 is 0 Å². The predicted octanol–water partition coefficient (Wildman–Crippen LogP) is 1.21. The number of carboxylic acid groups (broad SMARTS) is 1. The Kier molecular flexibility index (Phi) is 4.31. The molecular weight excluding hydrogens is 206 g/mol. The first-order chi connectivity index (χ1) is 7.60. The summed E-state index contributed by atoms with van der Waals surface area (Å²) in [5.74, 6) is -0.192. The third-order valence-corrected chi connectivity index (χ3v) is 2.56. The molecule has 0 saturated carbocycles. The van der Waals surface area contributed by atoms with Crippen LogP contribution < -0.4 is 10.5 Å². The van der Waals surface area contributed by atoms with Crippen molar-refractivity contribution < 1.29 is 14.6 Å². The van der Waals surface area contributed by atoms with Crippen LogP contribution in [0.2, 0.25) is 0 Å². The molecule has 0 aliphatic rings. The van der Waals surface area contributed by atoms with Gasteiger partial charge in [-0.25, -0.2) is 0 Å². The number of ether oxygens (including phenoxy) is 1. The Morgan fingerprint density at radius 2 is 2.25 bits per heavy atom. The molecule has 1 aromatic carbocycles. The molecule has 0 aromatic heterocycles. The topological polar surface area (TPSA) is 72.6 Å². The highest BCUT2D eigenvalue weighted by Crippen LogP contribution is 2.23. The van der Waals surface area contributed by atoms with E-state index in [4.69, 9.17) is 15.6 Å². The van der Waals surface area contributed by atoms with Crippen molar-refractivity contribution in [2.45, 2.75) is 25.8 Å². The predicted molar refractivity (Wildman–Crippen MR) is 61.7 cm³/mol. The van der Waals surface area contributed by atoms with Crippen molar-refractivity contribution in [2.24, 2.45) is 5.73 Å². The molecule has 3 N–H and O–H groups in total. The van der Waals surface area contributed by atoms with E-state index in [1.807, 2.05) is 25.1 Å². The first kappa shape index (κ1) is 12.5. The Morgan fingerprint density at radius 1 is 1.56 bits per heavy atom. The van der Waals surface area contributed by atoms with Crippen LogP contribution in [0.1, 0.15) is 18.1 Å². The maximum Gasteiger partial charge on any atom is 0.320 e. The number of benzene rings is 1. The molecule has 1 atom stereocenters. The smallest absolute Gasteiger partial charge is 0.320 e. The van der Waals surface area contributed by atoms with E-state index in [9.17, 15) is 4.79 Å². The standard InChI is InChI=1S/C12H17NO3/c1-3-9-8(7-10(13)12(14)15)5-4-6-11(9)16-2/h4-6,10H,3,7,13H2,1-2H3,(H,14,15). The maximum absolute atomic E-state index is 10.7. The summed E-state index contributed by atoms with van der Waals surface area (Å²) in [7, 11) is 1.61. The minimum atomic E-state index is -0.982. The van der Waals surface area contributed by atoms with E-state index in [2.05, 4.69) is 0 Å². The summed E-state index contributed by atoms with van der Waals surface area (Å²) in [6.07, 6.45) is 1.13. The van der Waals surface area contributed by atoms with Crippen LogP contribution in [0, 0.1) is 0 Å². The van der Waals surface area contributed by atoms with E-state index in [1.165, 1.54) is 0 Å². The number of carbonyl (C=O) groups is 1. The van der Waals surface area contributed by atoms with E-state index < -0.39 is 12.0 Å². The number of hydrogen-bond acceptors (Lipinski definition) is 3. The van der Waals surface area contributed by atoms with Gasteiger partial charge in [-0.15, -0.1) is 0 Å². The Hall–Kier alpha value is -1.55. The number of hydrogen-bond donors (Lipinski definition) is 2. The van der Waals surface area contributed by atoms with Crippen LogP contribution in [0.25, 0.3) is 0 Å². The lowest BCUT2D eigenvalue weighted by Gasteiger charge is -2.14. The van der Waals surface area contributed by atoms with Gasteiger partial charge in [-0.05, 0) is 30.0 Å². The molecule has 0 heterocycles. The van der Waals surface area contributed by atoms with E-state index in [1.54, 1.807) is 7.11 Å². The van der Waals surface area contributed by atoms with Crippen molar-refractivity contribution in [1.29, 1.82) is 0 Å². The maximum atomic E-state index is 10.7. The summed E-state index contributed by atoms with van der Waals surface area (Å²) in [6, 6.07) is 4.75. The van der Waals surface area contributed by atoms with Crippen molar-refractivity contribution in [2.75, 3.05) is 7.11 Å². The van der Waals surface area contributed by atoms with Gasteiger partial charge < -0.3 is 15.6 Å². The summed E-state index contributed by atoms with van der Waals surface area (Å²) in [5, 5.41) is 8.78. The Balaban J connectivity index is 2.99. The first-order valence-electron chi connectivity index (χ1n) is 5.23. The van der Waals surface area contributed by atoms with E-state index in [-0.39, 0.29) is 0 Å². The third-order valence-electron chi connectivity index (χ3n) is 2.56. The average Bonchev–Trinajstić information content (AvgIpc) is 2.28. The molecule has 1 aromatic rings. The lowest BCUT2D eigenvalue weighted by atomic mass is 9.98. The highest BCUT2D eigenvalue weighted by molar-refractivity contribution is 5.73. The number of carboxylic acids is 1. The molecule has 1 rings (SSSR count). The Labute approximate surface area is 95.0 Å². The fraction of sp³-hybridized carbons (Fsp3) is 0.417. The Bertz CT molecular complexity index is 377. The van der Waals surface area contributed by atoms with Gasteiger partial charge in [-0.1, -0.05) is 19.1 Å². The molecule has 0 amide bonds. The van der Waals surface area contributed by atoms with Gasteiger partial charge >= 0.3 is 5.97 Å². The summed E-state index contributed by atoms with van der Waals surface area (Å²) >= 11 is 0. The zero-order valence-electron chi connectivity index (χ0n) is 9.56.